The third kappa shape index (κ3) is 2.67. The molecule has 2 N–H and O–H groups in total. The molecule has 25 heavy (non-hydrogen) atoms. The molecule has 2 heterocycles. The third-order valence-corrected chi connectivity index (χ3v) is 6.11. The number of hydrogen-bond acceptors (Lipinski definition) is 4. The number of carbonyl (C=O) groups is 2. The number of amides is 2. The van der Waals surface area contributed by atoms with Gasteiger partial charge < -0.3 is 10.6 Å². The van der Waals surface area contributed by atoms with Crippen LogP contribution in [0.3, 0.4) is 0 Å². The van der Waals surface area contributed by atoms with Gasteiger partial charge in [0, 0.05) is 25.4 Å². The molecule has 0 aliphatic heterocycles. The van der Waals surface area contributed by atoms with Gasteiger partial charge in [0.2, 0.25) is 11.8 Å². The zero-order chi connectivity index (χ0) is 18.2. The Morgan fingerprint density at radius 2 is 2.08 bits per heavy atom. The number of hydrogen-bond donors (Lipinski definition) is 2. The van der Waals surface area contributed by atoms with Gasteiger partial charge in [0.15, 0.2) is 5.65 Å². The summed E-state index contributed by atoms with van der Waals surface area (Å²) in [5.74, 6) is -0.168. The first kappa shape index (κ1) is 17.4. The van der Waals surface area contributed by atoms with Gasteiger partial charge in [-0.25, -0.2) is 4.98 Å². The van der Waals surface area contributed by atoms with Gasteiger partial charge in [0.25, 0.3) is 0 Å². The van der Waals surface area contributed by atoms with E-state index in [-0.39, 0.29) is 17.7 Å². The third-order valence-electron chi connectivity index (χ3n) is 6.11. The summed E-state index contributed by atoms with van der Waals surface area (Å²) in [6.45, 7) is 6.38. The van der Waals surface area contributed by atoms with E-state index in [1.165, 1.54) is 0 Å². The molecule has 0 unspecified atom stereocenters. The molecule has 3 rings (SSSR count). The maximum Gasteiger partial charge on any atom is 0.226 e. The fraction of sp³-hybridized carbons (Fsp3) is 0.556. The molecule has 7 heteroatoms. The number of rotatable bonds is 4. The fourth-order valence-electron chi connectivity index (χ4n) is 3.93. The minimum absolute atomic E-state index is 0.0100. The van der Waals surface area contributed by atoms with Crippen LogP contribution in [0.4, 0.5) is 0 Å². The maximum atomic E-state index is 13.0. The normalized spacial score (nSPS) is 25.0. The molecule has 1 fully saturated rings. The van der Waals surface area contributed by atoms with Gasteiger partial charge in [0.1, 0.15) is 0 Å². The van der Waals surface area contributed by atoms with Crippen molar-refractivity contribution in [3.8, 4) is 0 Å². The quantitative estimate of drug-likeness (QED) is 0.881. The van der Waals surface area contributed by atoms with E-state index in [0.717, 1.165) is 17.8 Å². The monoisotopic (exact) mass is 343 g/mol. The number of fused-ring (bicyclic) bond motifs is 1. The molecule has 1 saturated carbocycles. The van der Waals surface area contributed by atoms with Gasteiger partial charge in [0.05, 0.1) is 30.0 Å². The summed E-state index contributed by atoms with van der Waals surface area (Å²) < 4.78 is 1.91. The Morgan fingerprint density at radius 3 is 2.80 bits per heavy atom. The zero-order valence-electron chi connectivity index (χ0n) is 15.2. The van der Waals surface area contributed by atoms with Gasteiger partial charge in [-0.3, -0.25) is 19.0 Å². The second-order valence-electron chi connectivity index (χ2n) is 7.50. The second kappa shape index (κ2) is 6.13. The highest BCUT2D eigenvalue weighted by molar-refractivity contribution is 5.87. The van der Waals surface area contributed by atoms with Crippen LogP contribution in [-0.2, 0) is 16.1 Å². The first-order chi connectivity index (χ1) is 11.8. The highest BCUT2D eigenvalue weighted by atomic mass is 16.2. The Morgan fingerprint density at radius 1 is 1.32 bits per heavy atom. The van der Waals surface area contributed by atoms with Crippen molar-refractivity contribution >= 4 is 17.5 Å². The molecule has 2 amide bonds. The zero-order valence-corrected chi connectivity index (χ0v) is 15.2. The van der Waals surface area contributed by atoms with Crippen LogP contribution in [0, 0.1) is 16.7 Å². The lowest BCUT2D eigenvalue weighted by Crippen LogP contribution is -2.49. The average Bonchev–Trinajstić information content (AvgIpc) is 3.12. The summed E-state index contributed by atoms with van der Waals surface area (Å²) in [5.41, 5.74) is 0.638. The summed E-state index contributed by atoms with van der Waals surface area (Å²) in [6.07, 6.45) is 8.36. The summed E-state index contributed by atoms with van der Waals surface area (Å²) in [6, 6.07) is 0. The van der Waals surface area contributed by atoms with Gasteiger partial charge in [-0.15, -0.1) is 0 Å². The van der Waals surface area contributed by atoms with Gasteiger partial charge >= 0.3 is 0 Å². The van der Waals surface area contributed by atoms with Crippen LogP contribution < -0.4 is 10.6 Å². The van der Waals surface area contributed by atoms with E-state index in [4.69, 9.17) is 0 Å². The molecule has 0 aromatic carbocycles. The van der Waals surface area contributed by atoms with E-state index in [9.17, 15) is 9.59 Å². The van der Waals surface area contributed by atoms with E-state index in [1.807, 2.05) is 31.4 Å². The van der Waals surface area contributed by atoms with Crippen LogP contribution in [0.15, 0.2) is 24.8 Å². The first-order valence-electron chi connectivity index (χ1n) is 8.57. The van der Waals surface area contributed by atoms with E-state index >= 15 is 0 Å². The van der Waals surface area contributed by atoms with Gasteiger partial charge in [-0.05, 0) is 18.3 Å². The highest BCUT2D eigenvalue weighted by Crippen LogP contribution is 2.56. The molecule has 1 aliphatic rings. The van der Waals surface area contributed by atoms with Crippen molar-refractivity contribution in [3.63, 3.8) is 0 Å². The lowest BCUT2D eigenvalue weighted by molar-refractivity contribution is -0.138. The van der Waals surface area contributed by atoms with E-state index in [1.54, 1.807) is 25.6 Å². The second-order valence-corrected chi connectivity index (χ2v) is 7.50. The van der Waals surface area contributed by atoms with Crippen molar-refractivity contribution in [1.82, 2.24) is 25.0 Å². The largest absolute Gasteiger partial charge is 0.359 e. The molecule has 0 bridgehead atoms. The Labute approximate surface area is 147 Å². The minimum atomic E-state index is -0.591. The summed E-state index contributed by atoms with van der Waals surface area (Å²) >= 11 is 0. The van der Waals surface area contributed by atoms with Crippen molar-refractivity contribution < 1.29 is 9.59 Å². The van der Waals surface area contributed by atoms with Crippen molar-refractivity contribution in [3.05, 3.63) is 30.5 Å². The van der Waals surface area contributed by atoms with Crippen LogP contribution in [0.5, 0.6) is 0 Å². The molecule has 2 atom stereocenters. The molecule has 0 radical (unpaired) electrons. The summed E-state index contributed by atoms with van der Waals surface area (Å²) in [4.78, 5) is 33.5. The van der Waals surface area contributed by atoms with Crippen molar-refractivity contribution in [1.29, 1.82) is 0 Å². The first-order valence-corrected chi connectivity index (χ1v) is 8.57. The van der Waals surface area contributed by atoms with Crippen LogP contribution in [0.1, 0.15) is 39.3 Å². The number of nitrogens with zero attached hydrogens (tertiary/aromatic N) is 3. The van der Waals surface area contributed by atoms with Crippen LogP contribution in [0.2, 0.25) is 0 Å². The van der Waals surface area contributed by atoms with Gasteiger partial charge in [-0.2, -0.15) is 0 Å². The van der Waals surface area contributed by atoms with E-state index < -0.39 is 10.8 Å². The predicted molar refractivity (Wildman–Crippen MR) is 93.5 cm³/mol. The lowest BCUT2D eigenvalue weighted by atomic mass is 9.65. The minimum Gasteiger partial charge on any atom is -0.359 e. The molecule has 7 nitrogen and oxygen atoms in total. The molecule has 1 aliphatic carbocycles. The van der Waals surface area contributed by atoms with E-state index in [0.29, 0.717) is 13.0 Å². The lowest BCUT2D eigenvalue weighted by Gasteiger charge is -2.39. The topological polar surface area (TPSA) is 88.4 Å². The number of carbonyl (C=O) groups excluding carboxylic acids is 2. The van der Waals surface area contributed by atoms with Crippen molar-refractivity contribution in [2.24, 2.45) is 16.7 Å². The Kier molecular flexibility index (Phi) is 4.26. The van der Waals surface area contributed by atoms with Crippen molar-refractivity contribution in [2.45, 2.75) is 40.2 Å². The Balaban J connectivity index is 1.75. The molecule has 0 spiro atoms. The predicted octanol–water partition coefficient (Wildman–Crippen LogP) is 1.53. The Bertz CT molecular complexity index is 813. The number of imidazole rings is 1. The molecule has 2 aromatic rings. The van der Waals surface area contributed by atoms with Gasteiger partial charge in [-0.1, -0.05) is 20.8 Å². The standard InChI is InChI=1S/C18H25N5O2/c1-17(2)13(15(24)19-4)5-6-18(17,3)16(25)22-10-12-9-21-14-11-20-7-8-23(12)14/h7-9,11,13H,5-6,10H2,1-4H3,(H,19,24)(H,22,25)/t13-,18+/m1/s1. The number of nitrogens with one attached hydrogen (secondary N) is 2. The Hall–Kier alpha value is -2.44. The number of aromatic nitrogens is 3. The molecule has 2 aromatic heterocycles. The van der Waals surface area contributed by atoms with Crippen LogP contribution in [0.25, 0.3) is 5.65 Å². The van der Waals surface area contributed by atoms with E-state index in [2.05, 4.69) is 20.6 Å². The average molecular weight is 343 g/mol. The highest BCUT2D eigenvalue weighted by Gasteiger charge is 2.57. The van der Waals surface area contributed by atoms with Crippen molar-refractivity contribution in [2.75, 3.05) is 7.05 Å². The van der Waals surface area contributed by atoms with Crippen LogP contribution in [-0.4, -0.2) is 33.2 Å². The fourth-order valence-corrected chi connectivity index (χ4v) is 3.93. The summed E-state index contributed by atoms with van der Waals surface area (Å²) in [7, 11) is 1.65. The maximum absolute atomic E-state index is 13.0. The molecular weight excluding hydrogens is 318 g/mol. The summed E-state index contributed by atoms with van der Waals surface area (Å²) in [5, 5.41) is 5.77. The molecular formula is C18H25N5O2. The van der Waals surface area contributed by atoms with Crippen LogP contribution >= 0.6 is 0 Å². The smallest absolute Gasteiger partial charge is 0.226 e. The molecule has 0 saturated heterocycles. The molecule has 134 valence electrons. The SMILES string of the molecule is CNC(=O)[C@H]1CC[C@@](C)(C(=O)NCc2cnc3cnccn23)C1(C)C.